The fourth-order valence-electron chi connectivity index (χ4n) is 3.46. The van der Waals surface area contributed by atoms with Crippen LogP contribution in [0.25, 0.3) is 22.2 Å². The van der Waals surface area contributed by atoms with Gasteiger partial charge in [-0.15, -0.1) is 11.3 Å². The number of hydrogen-bond donors (Lipinski definition) is 2. The normalized spacial score (nSPS) is 11.1. The molecule has 170 valence electrons. The molecule has 0 aliphatic carbocycles. The molecule has 33 heavy (non-hydrogen) atoms. The number of benzene rings is 2. The molecule has 0 spiro atoms. The number of anilines is 1. The molecule has 2 heterocycles. The van der Waals surface area contributed by atoms with Crippen LogP contribution in [-0.4, -0.2) is 34.2 Å². The van der Waals surface area contributed by atoms with E-state index in [-0.39, 0.29) is 17.3 Å². The Bertz CT molecular complexity index is 1440. The van der Waals surface area contributed by atoms with Gasteiger partial charge in [0.15, 0.2) is 9.90 Å². The van der Waals surface area contributed by atoms with Crippen LogP contribution in [0.15, 0.2) is 47.3 Å². The minimum atomic E-state index is -0.361. The summed E-state index contributed by atoms with van der Waals surface area (Å²) in [5.41, 5.74) is 2.10. The molecule has 0 atom stereocenters. The molecule has 4 aromatic rings. The topological polar surface area (TPSA) is 89.0 Å². The van der Waals surface area contributed by atoms with E-state index >= 15 is 0 Å². The lowest BCUT2D eigenvalue weighted by Crippen LogP contribution is -2.23. The van der Waals surface area contributed by atoms with Crippen molar-refractivity contribution in [2.24, 2.45) is 0 Å². The molecule has 0 aliphatic heterocycles. The number of aryl methyl sites for hydroxylation is 1. The fraction of sp³-hybridized carbons (Fsp3) is 0.217. The Morgan fingerprint density at radius 2 is 2.03 bits per heavy atom. The van der Waals surface area contributed by atoms with Crippen molar-refractivity contribution < 1.29 is 13.9 Å². The number of nitrogens with zero attached hydrogens (tertiary/aromatic N) is 2. The zero-order valence-corrected chi connectivity index (χ0v) is 19.6. The van der Waals surface area contributed by atoms with Gasteiger partial charge in [-0.05, 0) is 68.0 Å². The summed E-state index contributed by atoms with van der Waals surface area (Å²) in [5, 5.41) is 3.67. The maximum Gasteiger partial charge on any atom is 0.262 e. The molecule has 2 aromatic heterocycles. The van der Waals surface area contributed by atoms with Crippen molar-refractivity contribution >= 4 is 45.5 Å². The first-order valence-electron chi connectivity index (χ1n) is 10.2. The summed E-state index contributed by atoms with van der Waals surface area (Å²) in [4.78, 5) is 34.1. The summed E-state index contributed by atoms with van der Waals surface area (Å²) in [6.45, 7) is 2.86. The van der Waals surface area contributed by atoms with Crippen molar-refractivity contribution in [3.63, 3.8) is 0 Å². The molecule has 0 saturated carbocycles. The first-order valence-corrected chi connectivity index (χ1v) is 11.4. The Hall–Kier alpha value is -3.21. The van der Waals surface area contributed by atoms with Gasteiger partial charge in [0, 0.05) is 36.3 Å². The lowest BCUT2D eigenvalue weighted by atomic mass is 10.1. The number of aromatic nitrogens is 3. The average Bonchev–Trinajstić information content (AvgIpc) is 3.16. The maximum atomic E-state index is 13.2. The molecule has 0 fully saturated rings. The average molecular weight is 485 g/mol. The monoisotopic (exact) mass is 484 g/mol. The van der Waals surface area contributed by atoms with Crippen molar-refractivity contribution in [3.8, 4) is 11.3 Å². The Morgan fingerprint density at radius 3 is 2.76 bits per heavy atom. The number of nitrogens with one attached hydrogen (secondary N) is 2. The molecule has 2 N–H and O–H groups in total. The third kappa shape index (κ3) is 4.92. The van der Waals surface area contributed by atoms with Crippen molar-refractivity contribution in [2.45, 2.75) is 19.9 Å². The highest BCUT2D eigenvalue weighted by Gasteiger charge is 2.15. The third-order valence-electron chi connectivity index (χ3n) is 5.11. The van der Waals surface area contributed by atoms with E-state index in [1.807, 2.05) is 6.92 Å². The summed E-state index contributed by atoms with van der Waals surface area (Å²) in [6.07, 6.45) is 0.660. The van der Waals surface area contributed by atoms with E-state index in [0.29, 0.717) is 51.6 Å². The zero-order valence-electron chi connectivity index (χ0n) is 18.0. The highest BCUT2D eigenvalue weighted by Crippen LogP contribution is 2.30. The van der Waals surface area contributed by atoms with Crippen molar-refractivity contribution in [2.75, 3.05) is 19.0 Å². The third-order valence-corrected chi connectivity index (χ3v) is 6.32. The number of halogens is 1. The van der Waals surface area contributed by atoms with Crippen LogP contribution in [-0.2, 0) is 11.3 Å². The van der Waals surface area contributed by atoms with Gasteiger partial charge in [-0.3, -0.25) is 19.5 Å². The number of hydrogen-bond acceptors (Lipinski definition) is 6. The van der Waals surface area contributed by atoms with Gasteiger partial charge in [0.2, 0.25) is 0 Å². The maximum absolute atomic E-state index is 13.2. The van der Waals surface area contributed by atoms with Crippen LogP contribution < -0.4 is 10.9 Å². The van der Waals surface area contributed by atoms with E-state index < -0.39 is 0 Å². The molecule has 7 nitrogen and oxygen atoms in total. The van der Waals surface area contributed by atoms with E-state index in [9.17, 15) is 14.0 Å². The quantitative estimate of drug-likeness (QED) is 0.287. The van der Waals surface area contributed by atoms with Gasteiger partial charge in [0.1, 0.15) is 5.82 Å². The lowest BCUT2D eigenvalue weighted by Gasteiger charge is -2.09. The standard InChI is InChI=1S/C23H21FN4O3S2/c1-13-19(14-4-7-16(24)8-5-14)26-22(33-13)27-20(29)15-6-9-17-18(12-15)25-23(32)28(21(17)30)10-3-11-31-2/h4-9,12H,3,10-11H2,1-2H3,(H,25,32)(H,26,27,29). The van der Waals surface area contributed by atoms with Crippen LogP contribution in [0.5, 0.6) is 0 Å². The number of carbonyl (C=O) groups is 1. The van der Waals surface area contributed by atoms with Crippen LogP contribution in [0.4, 0.5) is 9.52 Å². The van der Waals surface area contributed by atoms with E-state index in [0.717, 1.165) is 10.4 Å². The summed E-state index contributed by atoms with van der Waals surface area (Å²) in [7, 11) is 1.60. The zero-order chi connectivity index (χ0) is 23.5. The highest BCUT2D eigenvalue weighted by atomic mass is 32.1. The number of carbonyl (C=O) groups excluding carboxylic acids is 1. The molecule has 0 radical (unpaired) electrons. The summed E-state index contributed by atoms with van der Waals surface area (Å²) >= 11 is 6.67. The fourth-order valence-corrected chi connectivity index (χ4v) is 4.58. The number of rotatable bonds is 7. The van der Waals surface area contributed by atoms with E-state index in [1.54, 1.807) is 37.4 Å². The lowest BCUT2D eigenvalue weighted by molar-refractivity contribution is 0.102. The van der Waals surface area contributed by atoms with Crippen LogP contribution in [0.2, 0.25) is 0 Å². The number of aromatic amines is 1. The molecule has 0 aliphatic rings. The second-order valence-corrected chi connectivity index (χ2v) is 8.97. The van der Waals surface area contributed by atoms with Crippen molar-refractivity contribution in [1.29, 1.82) is 0 Å². The Labute approximate surface area is 197 Å². The number of thiazole rings is 1. The van der Waals surface area contributed by atoms with Gasteiger partial charge in [-0.25, -0.2) is 9.37 Å². The predicted molar refractivity (Wildman–Crippen MR) is 130 cm³/mol. The van der Waals surface area contributed by atoms with E-state index in [1.165, 1.54) is 28.0 Å². The van der Waals surface area contributed by atoms with Gasteiger partial charge >= 0.3 is 0 Å². The van der Waals surface area contributed by atoms with Gasteiger partial charge < -0.3 is 9.72 Å². The van der Waals surface area contributed by atoms with E-state index in [4.69, 9.17) is 17.0 Å². The molecule has 0 saturated heterocycles. The van der Waals surface area contributed by atoms with Gasteiger partial charge in [0.05, 0.1) is 16.6 Å². The van der Waals surface area contributed by atoms with Crippen LogP contribution in [0, 0.1) is 17.5 Å². The summed E-state index contributed by atoms with van der Waals surface area (Å²) in [5.74, 6) is -0.683. The Morgan fingerprint density at radius 1 is 1.27 bits per heavy atom. The Kier molecular flexibility index (Phi) is 6.77. The second kappa shape index (κ2) is 9.74. The molecule has 0 bridgehead atoms. The Balaban J connectivity index is 1.58. The SMILES string of the molecule is COCCCn1c(=S)[nH]c2cc(C(=O)Nc3nc(-c4ccc(F)cc4)c(C)s3)ccc2c1=O. The van der Waals surface area contributed by atoms with Crippen molar-refractivity contribution in [3.05, 3.63) is 73.8 Å². The second-order valence-electron chi connectivity index (χ2n) is 7.38. The largest absolute Gasteiger partial charge is 0.385 e. The van der Waals surface area contributed by atoms with Crippen LogP contribution in [0.1, 0.15) is 21.7 Å². The molecule has 1 amide bonds. The number of H-pyrrole nitrogens is 1. The minimum Gasteiger partial charge on any atom is -0.385 e. The van der Waals surface area contributed by atoms with Crippen LogP contribution >= 0.6 is 23.6 Å². The molecule has 2 aromatic carbocycles. The number of fused-ring (bicyclic) bond motifs is 1. The highest BCUT2D eigenvalue weighted by molar-refractivity contribution is 7.71. The van der Waals surface area contributed by atoms with Crippen molar-refractivity contribution in [1.82, 2.24) is 14.5 Å². The van der Waals surface area contributed by atoms with Crippen LogP contribution in [0.3, 0.4) is 0 Å². The molecule has 4 rings (SSSR count). The van der Waals surface area contributed by atoms with Gasteiger partial charge in [-0.2, -0.15) is 0 Å². The molecular formula is C23H21FN4O3S2. The minimum absolute atomic E-state index is 0.212. The number of ether oxygens (including phenoxy) is 1. The van der Waals surface area contributed by atoms with E-state index in [2.05, 4.69) is 15.3 Å². The first-order chi connectivity index (χ1) is 15.9. The number of amides is 1. The smallest absolute Gasteiger partial charge is 0.262 e. The predicted octanol–water partition coefficient (Wildman–Crippen LogP) is 4.92. The first kappa shape index (κ1) is 23.0. The van der Waals surface area contributed by atoms with Gasteiger partial charge in [0.25, 0.3) is 11.5 Å². The summed E-state index contributed by atoms with van der Waals surface area (Å²) < 4.78 is 20.0. The molecular weight excluding hydrogens is 463 g/mol. The molecule has 0 unspecified atom stereocenters. The van der Waals surface area contributed by atoms with Gasteiger partial charge in [-0.1, -0.05) is 0 Å². The summed E-state index contributed by atoms with van der Waals surface area (Å²) in [6, 6.07) is 10.8. The molecule has 10 heteroatoms. The number of methoxy groups -OCH3 is 1.